The fourth-order valence-electron chi connectivity index (χ4n) is 3.02. The normalized spacial score (nSPS) is 16.5. The zero-order valence-corrected chi connectivity index (χ0v) is 14.8. The lowest BCUT2D eigenvalue weighted by atomic mass is 10.2. The Balaban J connectivity index is 1.52. The molecule has 0 amide bonds. The Bertz CT molecular complexity index is 822. The van der Waals surface area contributed by atoms with Gasteiger partial charge in [-0.15, -0.1) is 31.7 Å². The van der Waals surface area contributed by atoms with E-state index in [9.17, 15) is 0 Å². The van der Waals surface area contributed by atoms with Crippen molar-refractivity contribution in [3.63, 3.8) is 0 Å². The van der Waals surface area contributed by atoms with E-state index in [4.69, 9.17) is 4.42 Å². The maximum Gasteiger partial charge on any atom is 0.257 e. The molecule has 4 heterocycles. The summed E-state index contributed by atoms with van der Waals surface area (Å²) < 4.78 is 8.11. The van der Waals surface area contributed by atoms with Gasteiger partial charge in [-0.25, -0.2) is 0 Å². The van der Waals surface area contributed by atoms with E-state index in [1.54, 1.807) is 11.3 Å². The zero-order valence-electron chi connectivity index (χ0n) is 14.0. The number of fused-ring (bicyclic) bond motifs is 1. The van der Waals surface area contributed by atoms with Crippen LogP contribution in [0.2, 0.25) is 0 Å². The van der Waals surface area contributed by atoms with Crippen LogP contribution < -0.4 is 0 Å². The number of nitrogens with zero attached hydrogens (tertiary/aromatic N) is 6. The Hall–Kier alpha value is -2.06. The highest BCUT2D eigenvalue weighted by atomic mass is 32.1. The van der Waals surface area contributed by atoms with Gasteiger partial charge in [-0.1, -0.05) is 19.9 Å². The molecule has 1 aliphatic heterocycles. The van der Waals surface area contributed by atoms with Crippen LogP contribution in [-0.4, -0.2) is 36.4 Å². The smallest absolute Gasteiger partial charge is 0.257 e. The molecule has 0 saturated heterocycles. The van der Waals surface area contributed by atoms with Gasteiger partial charge in [-0.05, 0) is 18.4 Å². The van der Waals surface area contributed by atoms with Gasteiger partial charge in [-0.3, -0.25) is 4.90 Å². The standard InChI is InChI=1S/C16H20N6OS/c1-10(2)14-18-17-13-9-21(6-7-22(13)14)11(3)15-19-20-16(23-15)12-5-4-8-24-12/h4-5,8,10-11H,6-7,9H2,1-3H3/t11-/m0/s1. The van der Waals surface area contributed by atoms with Crippen molar-refractivity contribution in [3.8, 4) is 10.8 Å². The fourth-order valence-corrected chi connectivity index (χ4v) is 3.66. The molecule has 7 nitrogen and oxygen atoms in total. The molecule has 0 N–H and O–H groups in total. The van der Waals surface area contributed by atoms with Gasteiger partial charge in [0.1, 0.15) is 11.6 Å². The molecule has 24 heavy (non-hydrogen) atoms. The number of thiophene rings is 1. The molecule has 0 bridgehead atoms. The summed E-state index contributed by atoms with van der Waals surface area (Å²) in [5.74, 6) is 3.70. The second kappa shape index (κ2) is 6.10. The summed E-state index contributed by atoms with van der Waals surface area (Å²) in [4.78, 5) is 3.31. The minimum absolute atomic E-state index is 0.0548. The van der Waals surface area contributed by atoms with Gasteiger partial charge in [0.2, 0.25) is 5.89 Å². The van der Waals surface area contributed by atoms with Crippen molar-refractivity contribution < 1.29 is 4.42 Å². The molecule has 0 spiro atoms. The van der Waals surface area contributed by atoms with Crippen molar-refractivity contribution in [1.82, 2.24) is 29.9 Å². The van der Waals surface area contributed by atoms with Crippen LogP contribution in [0.1, 0.15) is 50.3 Å². The van der Waals surface area contributed by atoms with E-state index in [0.717, 1.165) is 36.2 Å². The average Bonchev–Trinajstić information content (AvgIpc) is 3.31. The third kappa shape index (κ3) is 2.65. The largest absolute Gasteiger partial charge is 0.418 e. The molecule has 0 fully saturated rings. The minimum Gasteiger partial charge on any atom is -0.418 e. The molecule has 1 atom stereocenters. The Morgan fingerprint density at radius 3 is 2.75 bits per heavy atom. The Kier molecular flexibility index (Phi) is 3.93. The molecular weight excluding hydrogens is 324 g/mol. The summed E-state index contributed by atoms with van der Waals surface area (Å²) >= 11 is 1.60. The van der Waals surface area contributed by atoms with Gasteiger partial charge < -0.3 is 8.98 Å². The van der Waals surface area contributed by atoms with Crippen LogP contribution in [0.4, 0.5) is 0 Å². The Morgan fingerprint density at radius 2 is 2.00 bits per heavy atom. The van der Waals surface area contributed by atoms with Gasteiger partial charge in [0.15, 0.2) is 0 Å². The lowest BCUT2D eigenvalue weighted by Gasteiger charge is -2.31. The van der Waals surface area contributed by atoms with Gasteiger partial charge in [0.25, 0.3) is 5.89 Å². The van der Waals surface area contributed by atoms with Crippen LogP contribution >= 0.6 is 11.3 Å². The molecule has 0 aromatic carbocycles. The molecular formula is C16H20N6OS. The first kappa shape index (κ1) is 15.5. The molecule has 4 rings (SSSR count). The Labute approximate surface area is 144 Å². The number of aromatic nitrogens is 5. The van der Waals surface area contributed by atoms with Crippen molar-refractivity contribution in [2.75, 3.05) is 6.54 Å². The third-order valence-corrected chi connectivity index (χ3v) is 5.26. The van der Waals surface area contributed by atoms with Gasteiger partial charge in [0.05, 0.1) is 17.5 Å². The Morgan fingerprint density at radius 1 is 1.12 bits per heavy atom. The first-order chi connectivity index (χ1) is 11.6. The zero-order chi connectivity index (χ0) is 16.7. The van der Waals surface area contributed by atoms with Crippen molar-refractivity contribution in [3.05, 3.63) is 35.1 Å². The summed E-state index contributed by atoms with van der Waals surface area (Å²) in [5.41, 5.74) is 0. The molecule has 8 heteroatoms. The van der Waals surface area contributed by atoms with Gasteiger partial charge >= 0.3 is 0 Å². The van der Waals surface area contributed by atoms with E-state index >= 15 is 0 Å². The maximum absolute atomic E-state index is 5.88. The lowest BCUT2D eigenvalue weighted by Crippen LogP contribution is -2.36. The number of hydrogen-bond acceptors (Lipinski definition) is 7. The summed E-state index contributed by atoms with van der Waals surface area (Å²) in [6.07, 6.45) is 0. The second-order valence-electron chi connectivity index (χ2n) is 6.35. The summed E-state index contributed by atoms with van der Waals surface area (Å²) in [5, 5.41) is 19.1. The molecule has 0 saturated carbocycles. The third-order valence-electron chi connectivity index (χ3n) is 4.41. The molecule has 126 valence electrons. The molecule has 0 radical (unpaired) electrons. The number of hydrogen-bond donors (Lipinski definition) is 0. The van der Waals surface area contributed by atoms with E-state index < -0.39 is 0 Å². The monoisotopic (exact) mass is 344 g/mol. The van der Waals surface area contributed by atoms with Crippen molar-refractivity contribution >= 4 is 11.3 Å². The van der Waals surface area contributed by atoms with E-state index in [1.165, 1.54) is 0 Å². The summed E-state index contributed by atoms with van der Waals surface area (Å²) in [7, 11) is 0. The maximum atomic E-state index is 5.88. The highest BCUT2D eigenvalue weighted by Crippen LogP contribution is 2.29. The second-order valence-corrected chi connectivity index (χ2v) is 7.30. The van der Waals surface area contributed by atoms with Crippen LogP contribution in [0.25, 0.3) is 10.8 Å². The van der Waals surface area contributed by atoms with E-state index in [0.29, 0.717) is 17.7 Å². The molecule has 1 aliphatic rings. The van der Waals surface area contributed by atoms with Gasteiger partial charge in [0, 0.05) is 19.0 Å². The molecule has 0 aliphatic carbocycles. The van der Waals surface area contributed by atoms with Crippen molar-refractivity contribution in [2.24, 2.45) is 0 Å². The van der Waals surface area contributed by atoms with Crippen LogP contribution in [0.15, 0.2) is 21.9 Å². The summed E-state index contributed by atoms with van der Waals surface area (Å²) in [6.45, 7) is 8.96. The fraction of sp³-hybridized carbons (Fsp3) is 0.500. The number of rotatable bonds is 4. The highest BCUT2D eigenvalue weighted by Gasteiger charge is 2.28. The minimum atomic E-state index is 0.0548. The molecule has 3 aromatic rings. The predicted octanol–water partition coefficient (Wildman–Crippen LogP) is 3.09. The molecule has 0 unspecified atom stereocenters. The van der Waals surface area contributed by atoms with Crippen LogP contribution in [0.5, 0.6) is 0 Å². The average molecular weight is 344 g/mol. The SMILES string of the molecule is CC(C)c1nnc2n1CCN([C@@H](C)c1nnc(-c3cccs3)o1)C2. The van der Waals surface area contributed by atoms with E-state index in [-0.39, 0.29) is 6.04 Å². The lowest BCUT2D eigenvalue weighted by molar-refractivity contribution is 0.142. The van der Waals surface area contributed by atoms with Crippen LogP contribution in [-0.2, 0) is 13.1 Å². The first-order valence-electron chi connectivity index (χ1n) is 8.16. The van der Waals surface area contributed by atoms with E-state index in [2.05, 4.69) is 50.6 Å². The van der Waals surface area contributed by atoms with Crippen molar-refractivity contribution in [2.45, 2.75) is 45.8 Å². The first-order valence-corrected chi connectivity index (χ1v) is 9.04. The van der Waals surface area contributed by atoms with Gasteiger partial charge in [-0.2, -0.15) is 0 Å². The quantitative estimate of drug-likeness (QED) is 0.724. The van der Waals surface area contributed by atoms with Crippen LogP contribution in [0, 0.1) is 0 Å². The van der Waals surface area contributed by atoms with Crippen molar-refractivity contribution in [1.29, 1.82) is 0 Å². The highest BCUT2D eigenvalue weighted by molar-refractivity contribution is 7.13. The molecule has 3 aromatic heterocycles. The van der Waals surface area contributed by atoms with E-state index in [1.807, 2.05) is 17.5 Å². The topological polar surface area (TPSA) is 72.9 Å². The predicted molar refractivity (Wildman–Crippen MR) is 90.5 cm³/mol. The van der Waals surface area contributed by atoms with Crippen LogP contribution in [0.3, 0.4) is 0 Å². The summed E-state index contributed by atoms with van der Waals surface area (Å²) in [6, 6.07) is 4.03.